The smallest absolute Gasteiger partial charge is 0.408 e. The molecule has 1 heterocycles. The zero-order chi connectivity index (χ0) is 14.0. The molecular formula is C15H20ClNO2. The van der Waals surface area contributed by atoms with Crippen molar-refractivity contribution in [1.82, 2.24) is 4.57 Å². The fourth-order valence-electron chi connectivity index (χ4n) is 2.53. The molecule has 19 heavy (non-hydrogen) atoms. The lowest BCUT2D eigenvalue weighted by atomic mass is 9.94. The molecule has 3 nitrogen and oxygen atoms in total. The first-order valence-electron chi connectivity index (χ1n) is 6.89. The van der Waals surface area contributed by atoms with E-state index in [9.17, 15) is 4.79 Å². The number of rotatable bonds is 5. The number of hydrogen-bond donors (Lipinski definition) is 0. The number of nitrogens with zero attached hydrogens (tertiary/aromatic N) is 1. The molecule has 0 bridgehead atoms. The Balaban J connectivity index is 2.45. The van der Waals surface area contributed by atoms with Crippen LogP contribution in [0.1, 0.15) is 44.6 Å². The van der Waals surface area contributed by atoms with Crippen LogP contribution in [0.3, 0.4) is 0 Å². The van der Waals surface area contributed by atoms with Gasteiger partial charge in [0.2, 0.25) is 0 Å². The first kappa shape index (κ1) is 14.2. The van der Waals surface area contributed by atoms with Crippen molar-refractivity contribution >= 4 is 22.7 Å². The molecule has 104 valence electrons. The summed E-state index contributed by atoms with van der Waals surface area (Å²) in [5, 5.41) is -0.0327. The highest BCUT2D eigenvalue weighted by Crippen LogP contribution is 2.34. The molecule has 0 N–H and O–H groups in total. The molecule has 4 heteroatoms. The predicted molar refractivity (Wildman–Crippen MR) is 78.8 cm³/mol. The van der Waals surface area contributed by atoms with E-state index in [-0.39, 0.29) is 11.1 Å². The van der Waals surface area contributed by atoms with Gasteiger partial charge in [0.25, 0.3) is 0 Å². The van der Waals surface area contributed by atoms with Gasteiger partial charge in [-0.2, -0.15) is 0 Å². The number of oxazole rings is 1. The van der Waals surface area contributed by atoms with E-state index in [0.29, 0.717) is 18.0 Å². The Morgan fingerprint density at radius 2 is 1.95 bits per heavy atom. The van der Waals surface area contributed by atoms with Gasteiger partial charge in [-0.25, -0.2) is 4.79 Å². The standard InChI is InChI=1S/C15H20ClNO2/c1-4-10(5-2)14(16)11-7-8-12-13(9-11)19-15(18)17(12)6-3/h7-10,14H,4-6H2,1-3H3. The third-order valence-electron chi connectivity index (χ3n) is 3.79. The minimum Gasteiger partial charge on any atom is -0.408 e. The van der Waals surface area contributed by atoms with Crippen molar-refractivity contribution in [2.75, 3.05) is 0 Å². The van der Waals surface area contributed by atoms with Gasteiger partial charge >= 0.3 is 5.76 Å². The summed E-state index contributed by atoms with van der Waals surface area (Å²) >= 11 is 6.53. The first-order chi connectivity index (χ1) is 9.12. The SMILES string of the molecule is CCC(CC)C(Cl)c1ccc2c(c1)oc(=O)n2CC. The third kappa shape index (κ3) is 2.57. The molecule has 0 saturated heterocycles. The van der Waals surface area contributed by atoms with Gasteiger partial charge in [-0.1, -0.05) is 32.8 Å². The van der Waals surface area contributed by atoms with Crippen LogP contribution in [0, 0.1) is 5.92 Å². The molecule has 2 rings (SSSR count). The van der Waals surface area contributed by atoms with Crippen LogP contribution in [-0.2, 0) is 6.54 Å². The second kappa shape index (κ2) is 5.83. The summed E-state index contributed by atoms with van der Waals surface area (Å²) in [4.78, 5) is 11.7. The van der Waals surface area contributed by atoms with Gasteiger partial charge in [-0.05, 0) is 30.5 Å². The minimum absolute atomic E-state index is 0.0327. The Labute approximate surface area is 118 Å². The average molecular weight is 282 g/mol. The Hall–Kier alpha value is -1.22. The normalized spacial score (nSPS) is 13.3. The maximum absolute atomic E-state index is 11.7. The van der Waals surface area contributed by atoms with Gasteiger partial charge in [-0.3, -0.25) is 4.57 Å². The molecule has 0 aliphatic rings. The van der Waals surface area contributed by atoms with Crippen LogP contribution in [0.25, 0.3) is 11.1 Å². The molecule has 2 aromatic rings. The second-order valence-electron chi connectivity index (χ2n) is 4.82. The number of fused-ring (bicyclic) bond motifs is 1. The summed E-state index contributed by atoms with van der Waals surface area (Å²) in [6.07, 6.45) is 2.09. The number of alkyl halides is 1. The first-order valence-corrected chi connectivity index (χ1v) is 7.33. The van der Waals surface area contributed by atoms with E-state index in [1.807, 2.05) is 25.1 Å². The highest BCUT2D eigenvalue weighted by atomic mass is 35.5. The van der Waals surface area contributed by atoms with E-state index in [1.165, 1.54) is 0 Å². The highest BCUT2D eigenvalue weighted by molar-refractivity contribution is 6.21. The lowest BCUT2D eigenvalue weighted by Gasteiger charge is -2.19. The van der Waals surface area contributed by atoms with Crippen LogP contribution in [0.2, 0.25) is 0 Å². The summed E-state index contributed by atoms with van der Waals surface area (Å²) in [6, 6.07) is 5.83. The van der Waals surface area contributed by atoms with Gasteiger partial charge in [0.1, 0.15) is 0 Å². The second-order valence-corrected chi connectivity index (χ2v) is 5.29. The van der Waals surface area contributed by atoms with Gasteiger partial charge in [0.15, 0.2) is 5.58 Å². The summed E-state index contributed by atoms with van der Waals surface area (Å²) < 4.78 is 6.90. The molecule has 0 amide bonds. The Morgan fingerprint density at radius 3 is 2.53 bits per heavy atom. The van der Waals surface area contributed by atoms with Crippen LogP contribution in [0.15, 0.2) is 27.4 Å². The molecule has 0 radical (unpaired) electrons. The molecule has 0 spiro atoms. The van der Waals surface area contributed by atoms with Crippen LogP contribution in [0.5, 0.6) is 0 Å². The molecule has 1 aromatic heterocycles. The molecule has 0 aliphatic carbocycles. The highest BCUT2D eigenvalue weighted by Gasteiger charge is 2.19. The number of hydrogen-bond acceptors (Lipinski definition) is 2. The molecule has 0 aliphatic heterocycles. The molecule has 1 aromatic carbocycles. The quantitative estimate of drug-likeness (QED) is 0.765. The molecular weight excluding hydrogens is 262 g/mol. The summed E-state index contributed by atoms with van der Waals surface area (Å²) in [7, 11) is 0. The zero-order valence-electron chi connectivity index (χ0n) is 11.6. The lowest BCUT2D eigenvalue weighted by Crippen LogP contribution is -2.12. The molecule has 0 saturated carbocycles. The van der Waals surface area contributed by atoms with Crippen molar-refractivity contribution in [3.8, 4) is 0 Å². The summed E-state index contributed by atoms with van der Waals surface area (Å²) in [6.45, 7) is 6.84. The van der Waals surface area contributed by atoms with Gasteiger partial charge in [0.05, 0.1) is 10.9 Å². The number of aryl methyl sites for hydroxylation is 1. The van der Waals surface area contributed by atoms with E-state index in [4.69, 9.17) is 16.0 Å². The van der Waals surface area contributed by atoms with Gasteiger partial charge < -0.3 is 4.42 Å². The van der Waals surface area contributed by atoms with Gasteiger partial charge in [0, 0.05) is 6.54 Å². The van der Waals surface area contributed by atoms with Crippen molar-refractivity contribution in [1.29, 1.82) is 0 Å². The predicted octanol–water partition coefficient (Wildman–Crippen LogP) is 4.33. The number of benzene rings is 1. The maximum atomic E-state index is 11.7. The van der Waals surface area contributed by atoms with Crippen molar-refractivity contribution in [3.63, 3.8) is 0 Å². The van der Waals surface area contributed by atoms with Crippen molar-refractivity contribution in [2.24, 2.45) is 5.92 Å². The monoisotopic (exact) mass is 281 g/mol. The number of aromatic nitrogens is 1. The molecule has 1 atom stereocenters. The van der Waals surface area contributed by atoms with Crippen molar-refractivity contribution < 1.29 is 4.42 Å². The molecule has 0 fully saturated rings. The van der Waals surface area contributed by atoms with E-state index in [2.05, 4.69) is 13.8 Å². The fourth-order valence-corrected chi connectivity index (χ4v) is 3.02. The van der Waals surface area contributed by atoms with Crippen LogP contribution in [-0.4, -0.2) is 4.57 Å². The van der Waals surface area contributed by atoms with Crippen molar-refractivity contribution in [3.05, 3.63) is 34.3 Å². The van der Waals surface area contributed by atoms with E-state index in [1.54, 1.807) is 4.57 Å². The zero-order valence-corrected chi connectivity index (χ0v) is 12.4. The Bertz CT molecular complexity index is 610. The van der Waals surface area contributed by atoms with Crippen LogP contribution in [0.4, 0.5) is 0 Å². The number of halogens is 1. The van der Waals surface area contributed by atoms with E-state index in [0.717, 1.165) is 23.9 Å². The van der Waals surface area contributed by atoms with Crippen LogP contribution >= 0.6 is 11.6 Å². The topological polar surface area (TPSA) is 35.1 Å². The molecule has 1 unspecified atom stereocenters. The summed E-state index contributed by atoms with van der Waals surface area (Å²) in [5.41, 5.74) is 2.49. The van der Waals surface area contributed by atoms with Crippen molar-refractivity contribution in [2.45, 2.75) is 45.5 Å². The Kier molecular flexibility index (Phi) is 4.35. The largest absolute Gasteiger partial charge is 0.419 e. The summed E-state index contributed by atoms with van der Waals surface area (Å²) in [5.74, 6) is 0.141. The fraction of sp³-hybridized carbons (Fsp3) is 0.533. The van der Waals surface area contributed by atoms with Gasteiger partial charge in [-0.15, -0.1) is 11.6 Å². The Morgan fingerprint density at radius 1 is 1.26 bits per heavy atom. The minimum atomic E-state index is -0.302. The van der Waals surface area contributed by atoms with E-state index >= 15 is 0 Å². The van der Waals surface area contributed by atoms with Crippen LogP contribution < -0.4 is 5.76 Å². The third-order valence-corrected chi connectivity index (χ3v) is 4.40. The average Bonchev–Trinajstić information content (AvgIpc) is 2.74. The van der Waals surface area contributed by atoms with E-state index < -0.39 is 0 Å². The lowest BCUT2D eigenvalue weighted by molar-refractivity contribution is 0.475. The maximum Gasteiger partial charge on any atom is 0.419 e.